The molecule has 6 heterocycles. The second-order valence-electron chi connectivity index (χ2n) is 7.65. The highest BCUT2D eigenvalue weighted by Crippen LogP contribution is 2.49. The van der Waals surface area contributed by atoms with E-state index in [1.165, 1.54) is 39.9 Å². The monoisotopic (exact) mass is 631 g/mol. The van der Waals surface area contributed by atoms with Crippen molar-refractivity contribution in [1.82, 2.24) is 0 Å². The minimum absolute atomic E-state index is 1.11. The van der Waals surface area contributed by atoms with Crippen molar-refractivity contribution in [3.8, 4) is 0 Å². The summed E-state index contributed by atoms with van der Waals surface area (Å²) in [5.74, 6) is 0. The molecule has 8 bridgehead atoms. The first-order valence-corrected chi connectivity index (χ1v) is 24.8. The van der Waals surface area contributed by atoms with Gasteiger partial charge in [-0.1, -0.05) is 0 Å². The van der Waals surface area contributed by atoms with Gasteiger partial charge in [0, 0.05) is 0 Å². The van der Waals surface area contributed by atoms with E-state index in [1.807, 2.05) is 0 Å². The minimum Gasteiger partial charge on any atom is -0.367 e. The average Bonchev–Trinajstić information content (AvgIpc) is 2.82. The fraction of sp³-hybridized carbons (Fsp3) is 0. The molecule has 0 aromatic rings. The molecule has 0 amide bonds. The lowest BCUT2D eigenvalue weighted by atomic mass is 11.3. The molecule has 0 aromatic heterocycles. The van der Waals surface area contributed by atoms with Gasteiger partial charge in [-0.25, -0.2) is 0 Å². The second-order valence-corrected chi connectivity index (χ2v) is 30.3. The van der Waals surface area contributed by atoms with Gasteiger partial charge in [0.1, 0.15) is 0 Å². The molecule has 190 valence electrons. The van der Waals surface area contributed by atoms with Crippen LogP contribution in [0, 0.1) is 6.58 Å². The molecule has 20 heteroatoms. The van der Waals surface area contributed by atoms with E-state index < -0.39 is 70.4 Å². The molecule has 0 aromatic carbocycles. The number of hydrogen-bond acceptors (Lipinski definition) is 12. The molecule has 0 spiro atoms. The summed E-state index contributed by atoms with van der Waals surface area (Å²) < 4.78 is 77.9. The molecule has 12 nitrogen and oxygen atoms in total. The maximum Gasteiger partial charge on any atom is 0.563 e. The first-order valence-electron chi connectivity index (χ1n) is 10.4. The lowest BCUT2D eigenvalue weighted by molar-refractivity contribution is -0.00587. The van der Waals surface area contributed by atoms with E-state index in [2.05, 4.69) is 46.1 Å². The Balaban J connectivity index is 1.93. The van der Waals surface area contributed by atoms with Gasteiger partial charge >= 0.3 is 70.4 Å². The largest absolute Gasteiger partial charge is 0.563 e. The van der Waals surface area contributed by atoms with Gasteiger partial charge in [0.2, 0.25) is 12.3 Å². The van der Waals surface area contributed by atoms with Gasteiger partial charge < -0.3 is 49.4 Å². The average molecular weight is 632 g/mol. The predicted molar refractivity (Wildman–Crippen MR) is 139 cm³/mol. The van der Waals surface area contributed by atoms with Gasteiger partial charge in [-0.2, -0.15) is 0 Å². The van der Waals surface area contributed by atoms with Gasteiger partial charge in [0.15, 0.2) is 0 Å². The number of hydrogen-bond donors (Lipinski definition) is 0. The van der Waals surface area contributed by atoms with Gasteiger partial charge in [-0.15, -0.1) is 46.1 Å². The summed E-state index contributed by atoms with van der Waals surface area (Å²) >= 11 is 0. The minimum atomic E-state index is -4.21. The summed E-state index contributed by atoms with van der Waals surface area (Å²) in [6.45, 7) is 33.2. The van der Waals surface area contributed by atoms with Crippen LogP contribution in [0.1, 0.15) is 0 Å². The number of rotatable bonds is 8. The van der Waals surface area contributed by atoms with Crippen LogP contribution >= 0.6 is 0 Å². The molecule has 0 atom stereocenters. The van der Waals surface area contributed by atoms with Crippen molar-refractivity contribution < 1.29 is 49.4 Å². The van der Waals surface area contributed by atoms with Crippen LogP contribution in [0.3, 0.4) is 0 Å². The Morgan fingerprint density at radius 3 is 0.556 bits per heavy atom. The van der Waals surface area contributed by atoms with Crippen molar-refractivity contribution in [3.63, 3.8) is 0 Å². The zero-order valence-corrected chi connectivity index (χ0v) is 27.0. The van der Waals surface area contributed by atoms with Crippen LogP contribution in [-0.2, 0) is 49.4 Å². The zero-order valence-electron chi connectivity index (χ0n) is 19.0. The third-order valence-corrected chi connectivity index (χ3v) is 36.6. The fourth-order valence-electron chi connectivity index (χ4n) is 3.86. The van der Waals surface area contributed by atoms with Crippen molar-refractivity contribution in [2.45, 2.75) is 0 Å². The van der Waals surface area contributed by atoms with E-state index in [1.54, 1.807) is 0 Å². The SMILES string of the molecule is [CH+]=C[Si]12O[Si]3(C=C)O[Si]4(C=C)O[Si](C=C)(O1)O[Si]1(C=C)O[Si](C=C)(O2)O[Si](C=C)(O3)O[Si](C=C)(O4)O1. The molecule has 0 N–H and O–H groups in total. The Bertz CT molecular complexity index is 778. The maximum absolute atomic E-state index is 6.51. The summed E-state index contributed by atoms with van der Waals surface area (Å²) in [5.41, 5.74) is 10.5. The van der Waals surface area contributed by atoms with E-state index >= 15 is 0 Å². The second kappa shape index (κ2) is 8.29. The molecule has 6 rings (SSSR count). The van der Waals surface area contributed by atoms with Crippen molar-refractivity contribution >= 4 is 70.4 Å². The molecule has 6 saturated heterocycles. The third-order valence-electron chi connectivity index (χ3n) is 5.37. The Morgan fingerprint density at radius 2 is 0.444 bits per heavy atom. The summed E-state index contributed by atoms with van der Waals surface area (Å²) in [6.07, 6.45) is 0. The van der Waals surface area contributed by atoms with Crippen molar-refractivity contribution in [2.75, 3.05) is 0 Å². The van der Waals surface area contributed by atoms with Crippen LogP contribution in [0.5, 0.6) is 0 Å². The van der Waals surface area contributed by atoms with Crippen LogP contribution < -0.4 is 0 Å². The van der Waals surface area contributed by atoms with Crippen LogP contribution in [-0.4, -0.2) is 70.4 Å². The first kappa shape index (κ1) is 26.7. The first-order chi connectivity index (χ1) is 17.0. The standard InChI is InChI=1S/C16H23O12Si8/c1-9-29-17-30(10-2)20-33(13-5)22-31(11-3,18-29)24-35(15-7)25-32(12-4,19-29)23-34(14-6,21-30)27-36(16-8,26-33)28-35/h1,9-16H,2-8H2/q+1. The van der Waals surface area contributed by atoms with Crippen molar-refractivity contribution in [2.24, 2.45) is 0 Å². The van der Waals surface area contributed by atoms with Crippen molar-refractivity contribution in [1.29, 1.82) is 0 Å². The lowest BCUT2D eigenvalue weighted by Gasteiger charge is -2.59. The summed E-state index contributed by atoms with van der Waals surface area (Å²) in [7, 11) is -33.1. The van der Waals surface area contributed by atoms with E-state index in [9.17, 15) is 0 Å². The van der Waals surface area contributed by atoms with Crippen LogP contribution in [0.25, 0.3) is 0 Å². The highest BCUT2D eigenvalue weighted by molar-refractivity contribution is 7.07. The Hall–Kier alpha value is -0.915. The van der Waals surface area contributed by atoms with Crippen molar-refractivity contribution in [3.05, 3.63) is 98.2 Å². The zero-order chi connectivity index (χ0) is 26.1. The van der Waals surface area contributed by atoms with Gasteiger partial charge in [-0.05, 0) is 39.9 Å². The molecule has 0 radical (unpaired) electrons. The van der Waals surface area contributed by atoms with Crippen LogP contribution in [0.15, 0.2) is 91.6 Å². The summed E-state index contributed by atoms with van der Waals surface area (Å²) in [4.78, 5) is 0. The predicted octanol–water partition coefficient (Wildman–Crippen LogP) is 1.37. The third kappa shape index (κ3) is 3.77. The molecular weight excluding hydrogens is 609 g/mol. The molecule has 6 aliphatic heterocycles. The highest BCUT2D eigenvalue weighted by Gasteiger charge is 2.82. The van der Waals surface area contributed by atoms with Gasteiger partial charge in [0.05, 0.1) is 0 Å². The van der Waals surface area contributed by atoms with Gasteiger partial charge in [-0.3, -0.25) is 0 Å². The van der Waals surface area contributed by atoms with E-state index in [4.69, 9.17) is 56.0 Å². The lowest BCUT2D eigenvalue weighted by Crippen LogP contribution is -2.87. The molecular formula is C16H23O12Si8+. The van der Waals surface area contributed by atoms with E-state index in [-0.39, 0.29) is 0 Å². The molecule has 6 fully saturated rings. The Kier molecular flexibility index (Phi) is 6.14. The quantitative estimate of drug-likeness (QED) is 0.285. The molecule has 6 aliphatic rings. The Morgan fingerprint density at radius 1 is 0.306 bits per heavy atom. The fourth-order valence-corrected chi connectivity index (χ4v) is 43.7. The molecule has 36 heavy (non-hydrogen) atoms. The summed E-state index contributed by atoms with van der Waals surface area (Å²) in [5, 5.41) is 0. The molecule has 0 unspecified atom stereocenters. The van der Waals surface area contributed by atoms with Crippen LogP contribution in [0.2, 0.25) is 0 Å². The van der Waals surface area contributed by atoms with Gasteiger partial charge in [0.25, 0.3) is 0 Å². The smallest absolute Gasteiger partial charge is 0.367 e. The maximum atomic E-state index is 6.51. The van der Waals surface area contributed by atoms with E-state index in [0.717, 1.165) is 5.70 Å². The van der Waals surface area contributed by atoms with E-state index in [0.29, 0.717) is 0 Å². The summed E-state index contributed by atoms with van der Waals surface area (Å²) in [6, 6.07) is 0. The normalized spacial score (nSPS) is 52.9. The highest BCUT2D eigenvalue weighted by atomic mass is 28.6. The molecule has 0 saturated carbocycles. The molecule has 0 aliphatic carbocycles. The Labute approximate surface area is 217 Å². The van der Waals surface area contributed by atoms with Crippen LogP contribution in [0.4, 0.5) is 0 Å². The topological polar surface area (TPSA) is 111 Å².